The molecule has 0 atom stereocenters. The highest BCUT2D eigenvalue weighted by Gasteiger charge is 2.21. The van der Waals surface area contributed by atoms with E-state index in [9.17, 15) is 37.5 Å². The maximum Gasteiger partial charge on any atom is 0.335 e. The molecule has 0 saturated carbocycles. The van der Waals surface area contributed by atoms with E-state index in [0.717, 1.165) is 0 Å². The van der Waals surface area contributed by atoms with Gasteiger partial charge in [0.2, 0.25) is 0 Å². The van der Waals surface area contributed by atoms with Crippen molar-refractivity contribution in [3.8, 4) is 34.5 Å². The lowest BCUT2D eigenvalue weighted by molar-refractivity contribution is 0.0686. The first-order valence-corrected chi connectivity index (χ1v) is 26.3. The van der Waals surface area contributed by atoms with Crippen LogP contribution in [0.1, 0.15) is 67.7 Å². The summed E-state index contributed by atoms with van der Waals surface area (Å²) in [6.45, 7) is 1.67. The van der Waals surface area contributed by atoms with Gasteiger partial charge < -0.3 is 45.5 Å². The third kappa shape index (κ3) is 17.2. The van der Waals surface area contributed by atoms with Crippen LogP contribution >= 0.6 is 69.6 Å². The maximum atomic E-state index is 13.3. The summed E-state index contributed by atoms with van der Waals surface area (Å²) in [5, 5.41) is 35.9. The topological polar surface area (TPSA) is 227 Å². The molecule has 84 heavy (non-hydrogen) atoms. The number of carboxylic acid groups (broad SMARTS) is 3. The van der Waals surface area contributed by atoms with Crippen LogP contribution in [-0.2, 0) is 0 Å². The van der Waals surface area contributed by atoms with Gasteiger partial charge in [-0.2, -0.15) is 0 Å². The van der Waals surface area contributed by atoms with Crippen LogP contribution < -0.4 is 30.2 Å². The van der Waals surface area contributed by atoms with Crippen LogP contribution in [0.4, 0.5) is 25.8 Å². The van der Waals surface area contributed by atoms with Gasteiger partial charge in [-0.25, -0.2) is 23.2 Å². The third-order valence-corrected chi connectivity index (χ3v) is 13.5. The maximum absolute atomic E-state index is 13.3. The predicted octanol–water partition coefficient (Wildman–Crippen LogP) is 17.8. The first kappa shape index (κ1) is 62.4. The molecule has 426 valence electrons. The molecule has 6 N–H and O–H groups in total. The van der Waals surface area contributed by atoms with E-state index in [0.29, 0.717) is 39.9 Å². The number of carbonyl (C=O) groups excluding carboxylic acids is 3. The second-order valence-corrected chi connectivity index (χ2v) is 19.7. The van der Waals surface area contributed by atoms with Crippen LogP contribution in [0, 0.1) is 18.6 Å². The number of para-hydroxylation sites is 1. The zero-order chi connectivity index (χ0) is 60.8. The number of ether oxygens (including phenoxy) is 3. The normalized spacial score (nSPS) is 10.4. The molecule has 0 saturated heterocycles. The quantitative estimate of drug-likeness (QED) is 0.0564. The molecule has 0 aliphatic heterocycles. The monoisotopic (exact) mass is 1250 g/mol. The summed E-state index contributed by atoms with van der Waals surface area (Å²) in [5.41, 5.74) is 2.43. The summed E-state index contributed by atoms with van der Waals surface area (Å²) in [4.78, 5) is 70.9. The zero-order valence-electron chi connectivity index (χ0n) is 42.9. The zero-order valence-corrected chi connectivity index (χ0v) is 47.4. The van der Waals surface area contributed by atoms with Gasteiger partial charge >= 0.3 is 17.9 Å². The van der Waals surface area contributed by atoms with Crippen molar-refractivity contribution in [2.24, 2.45) is 0 Å². The van der Waals surface area contributed by atoms with Crippen molar-refractivity contribution in [3.63, 3.8) is 0 Å². The van der Waals surface area contributed by atoms with Crippen LogP contribution in [0.2, 0.25) is 30.1 Å². The number of carbonyl (C=O) groups is 6. The van der Waals surface area contributed by atoms with E-state index in [-0.39, 0.29) is 80.8 Å². The molecule has 0 radical (unpaired) electrons. The Bertz CT molecular complexity index is 3940. The largest absolute Gasteiger partial charge is 0.478 e. The minimum absolute atomic E-state index is 0.0906. The van der Waals surface area contributed by atoms with Crippen LogP contribution in [0.5, 0.6) is 34.5 Å². The van der Waals surface area contributed by atoms with E-state index >= 15 is 0 Å². The van der Waals surface area contributed by atoms with Gasteiger partial charge in [0.05, 0.1) is 63.5 Å². The smallest absolute Gasteiger partial charge is 0.335 e. The van der Waals surface area contributed by atoms with Crippen molar-refractivity contribution in [2.45, 2.75) is 6.92 Å². The van der Waals surface area contributed by atoms with Gasteiger partial charge in [-0.15, -0.1) is 0 Å². The SMILES string of the molecule is Cc1cc(F)ccc1Oc1cc(Cl)c(Cl)cc1C(=O)Nc1ccc(C(=O)O)cc1.O=C(O)c1ccc(NC(=O)c2cc(Cl)c(Cl)cc2Oc2ccc(F)cc2)cc1.O=C(O)c1ccc(NC(=O)c2cc(Cl)c(Cl)cc2Oc2ccccc2)cc1. The Kier molecular flexibility index (Phi) is 21.3. The highest BCUT2D eigenvalue weighted by molar-refractivity contribution is 6.43. The molecule has 0 fully saturated rings. The molecular weight excluding hydrogens is 1220 g/mol. The molecule has 0 bridgehead atoms. The van der Waals surface area contributed by atoms with Gasteiger partial charge in [0, 0.05) is 35.3 Å². The average Bonchev–Trinajstić information content (AvgIpc) is 2.96. The van der Waals surface area contributed by atoms with Gasteiger partial charge in [0.15, 0.2) is 0 Å². The summed E-state index contributed by atoms with van der Waals surface area (Å²) in [7, 11) is 0. The summed E-state index contributed by atoms with van der Waals surface area (Å²) < 4.78 is 43.6. The summed E-state index contributed by atoms with van der Waals surface area (Å²) >= 11 is 36.3. The van der Waals surface area contributed by atoms with Crippen LogP contribution in [0.15, 0.2) is 182 Å². The van der Waals surface area contributed by atoms with Crippen LogP contribution in [0.25, 0.3) is 0 Å². The molecule has 9 aromatic carbocycles. The van der Waals surface area contributed by atoms with E-state index < -0.39 is 47.3 Å². The molecule has 23 heteroatoms. The average molecular weight is 1260 g/mol. The third-order valence-electron chi connectivity index (χ3n) is 11.3. The van der Waals surface area contributed by atoms with E-state index in [2.05, 4.69) is 16.0 Å². The summed E-state index contributed by atoms with van der Waals surface area (Å²) in [5.74, 6) is -3.88. The second-order valence-electron chi connectivity index (χ2n) is 17.3. The fourth-order valence-electron chi connectivity index (χ4n) is 7.15. The Morgan fingerprint density at radius 1 is 0.357 bits per heavy atom. The summed E-state index contributed by atoms with van der Waals surface area (Å²) in [6.07, 6.45) is 0. The minimum atomic E-state index is -1.07. The molecular formula is C61H39Cl6F2N3O12. The fourth-order valence-corrected chi connectivity index (χ4v) is 8.10. The first-order valence-electron chi connectivity index (χ1n) is 24.0. The van der Waals surface area contributed by atoms with Crippen molar-refractivity contribution in [3.05, 3.63) is 263 Å². The molecule has 0 unspecified atom stereocenters. The van der Waals surface area contributed by atoms with Gasteiger partial charge in [0.1, 0.15) is 46.1 Å². The molecule has 0 spiro atoms. The fraction of sp³-hybridized carbons (Fsp3) is 0.0164. The van der Waals surface area contributed by atoms with Crippen molar-refractivity contribution >= 4 is 122 Å². The van der Waals surface area contributed by atoms with Crippen molar-refractivity contribution in [1.82, 2.24) is 0 Å². The molecule has 0 aromatic heterocycles. The van der Waals surface area contributed by atoms with Gasteiger partial charge in [-0.05, 0) is 158 Å². The Balaban J connectivity index is 0.000000181. The standard InChI is InChI=1S/C21H14Cl2FNO4.C20H12Cl2FNO4.C20H13Cl2NO4/c1-11-8-13(24)4-7-18(11)29-19-10-17(23)16(22)9-15(19)20(26)25-14-5-2-12(3-6-14)21(27)28;21-16-9-15(19(25)24-13-5-1-11(2-6-13)20(26)27)18(10-17(16)22)28-14-7-3-12(23)4-8-14;21-16-10-15(18(11-17(16)22)27-14-4-2-1-3-5-14)19(24)23-13-8-6-12(7-9-13)20(25)26/h2-10H,1H3,(H,25,26)(H,27,28);1-10H,(H,24,25)(H,26,27);1-11H,(H,23,24)(H,25,26). The second kappa shape index (κ2) is 28.7. The lowest BCUT2D eigenvalue weighted by atomic mass is 10.1. The van der Waals surface area contributed by atoms with Gasteiger partial charge in [-0.3, -0.25) is 14.4 Å². The Hall–Kier alpha value is -9.20. The highest BCUT2D eigenvalue weighted by atomic mass is 35.5. The van der Waals surface area contributed by atoms with Gasteiger partial charge in [0.25, 0.3) is 17.7 Å². The van der Waals surface area contributed by atoms with Crippen LogP contribution in [-0.4, -0.2) is 50.9 Å². The van der Waals surface area contributed by atoms with Crippen molar-refractivity contribution in [2.75, 3.05) is 16.0 Å². The lowest BCUT2D eigenvalue weighted by Crippen LogP contribution is -2.13. The van der Waals surface area contributed by atoms with Crippen molar-refractivity contribution < 1.29 is 67.1 Å². The number of anilines is 3. The summed E-state index contributed by atoms with van der Waals surface area (Å²) in [6, 6.07) is 43.6. The Morgan fingerprint density at radius 3 is 1.00 bits per heavy atom. The Morgan fingerprint density at radius 2 is 0.667 bits per heavy atom. The lowest BCUT2D eigenvalue weighted by Gasteiger charge is -2.14. The molecule has 0 heterocycles. The number of aromatic carboxylic acids is 3. The number of hydrogen-bond acceptors (Lipinski definition) is 9. The molecule has 9 rings (SSSR count). The van der Waals surface area contributed by atoms with Crippen molar-refractivity contribution in [1.29, 1.82) is 0 Å². The van der Waals surface area contributed by atoms with E-state index in [1.807, 2.05) is 6.07 Å². The number of benzene rings is 9. The molecule has 15 nitrogen and oxygen atoms in total. The number of hydrogen-bond donors (Lipinski definition) is 6. The molecule has 0 aliphatic rings. The number of nitrogens with one attached hydrogen (secondary N) is 3. The minimum Gasteiger partial charge on any atom is -0.478 e. The first-order chi connectivity index (χ1) is 40.0. The molecule has 0 aliphatic carbocycles. The number of halogens is 8. The Labute approximate surface area is 506 Å². The van der Waals surface area contributed by atoms with E-state index in [4.69, 9.17) is 99.1 Å². The number of rotatable bonds is 15. The molecule has 3 amide bonds. The van der Waals surface area contributed by atoms with E-state index in [1.165, 1.54) is 152 Å². The predicted molar refractivity (Wildman–Crippen MR) is 318 cm³/mol. The number of carboxylic acids is 3. The van der Waals surface area contributed by atoms with Crippen LogP contribution in [0.3, 0.4) is 0 Å². The van der Waals surface area contributed by atoms with E-state index in [1.54, 1.807) is 31.2 Å². The number of amides is 3. The van der Waals surface area contributed by atoms with Gasteiger partial charge in [-0.1, -0.05) is 87.8 Å². The molecule has 9 aromatic rings. The highest BCUT2D eigenvalue weighted by Crippen LogP contribution is 2.38. The number of aryl methyl sites for hydroxylation is 1.